The number of nitrogens with zero attached hydrogens (tertiary/aromatic N) is 1. The molecule has 1 aromatic heterocycles. The first-order valence-corrected chi connectivity index (χ1v) is 6.36. The van der Waals surface area contributed by atoms with Crippen LogP contribution < -0.4 is 10.6 Å². The van der Waals surface area contributed by atoms with Gasteiger partial charge >= 0.3 is 6.03 Å². The van der Waals surface area contributed by atoms with Crippen LogP contribution in [0.3, 0.4) is 0 Å². The van der Waals surface area contributed by atoms with Crippen molar-refractivity contribution in [2.45, 2.75) is 13.0 Å². The fourth-order valence-electron chi connectivity index (χ4n) is 1.68. The molecule has 104 valence electrons. The van der Waals surface area contributed by atoms with Crippen molar-refractivity contribution in [3.05, 3.63) is 59.1 Å². The number of carbonyl (C=O) groups is 1. The van der Waals surface area contributed by atoms with Gasteiger partial charge in [-0.2, -0.15) is 0 Å². The molecule has 0 radical (unpaired) electrons. The number of hydrogen-bond donors (Lipinski definition) is 2. The molecule has 1 atom stereocenters. The van der Waals surface area contributed by atoms with Gasteiger partial charge in [-0.1, -0.05) is 11.6 Å². The second-order valence-electron chi connectivity index (χ2n) is 4.22. The maximum atomic E-state index is 12.9. The standard InChI is InChI=1S/C14H13ClFN3O/c1-9(10-4-6-17-7-5-10)18-14(20)19-13-3-2-11(16)8-12(13)15/h2-9H,1H3,(H2,18,19,20). The van der Waals surface area contributed by atoms with E-state index in [0.29, 0.717) is 5.69 Å². The molecule has 6 heteroatoms. The summed E-state index contributed by atoms with van der Waals surface area (Å²) in [7, 11) is 0. The van der Waals surface area contributed by atoms with E-state index in [1.54, 1.807) is 12.4 Å². The lowest BCUT2D eigenvalue weighted by molar-refractivity contribution is 0.249. The maximum Gasteiger partial charge on any atom is 0.319 e. The summed E-state index contributed by atoms with van der Waals surface area (Å²) in [5.74, 6) is -0.453. The normalized spacial score (nSPS) is 11.8. The molecular weight excluding hydrogens is 281 g/mol. The molecular formula is C14H13ClFN3O. The third-order valence-corrected chi connectivity index (χ3v) is 3.05. The number of urea groups is 1. The Morgan fingerprint density at radius 1 is 1.30 bits per heavy atom. The summed E-state index contributed by atoms with van der Waals surface area (Å²) < 4.78 is 12.9. The maximum absolute atomic E-state index is 12.9. The molecule has 0 saturated carbocycles. The molecule has 0 aliphatic rings. The lowest BCUT2D eigenvalue weighted by atomic mass is 10.1. The highest BCUT2D eigenvalue weighted by atomic mass is 35.5. The minimum absolute atomic E-state index is 0.150. The van der Waals surface area contributed by atoms with Crippen molar-refractivity contribution in [3.63, 3.8) is 0 Å². The van der Waals surface area contributed by atoms with Crippen LogP contribution in [0.25, 0.3) is 0 Å². The van der Waals surface area contributed by atoms with Gasteiger partial charge in [0.05, 0.1) is 16.8 Å². The van der Waals surface area contributed by atoms with Gasteiger partial charge in [-0.25, -0.2) is 9.18 Å². The predicted octanol–water partition coefficient (Wildman–Crippen LogP) is 3.76. The highest BCUT2D eigenvalue weighted by Gasteiger charge is 2.11. The van der Waals surface area contributed by atoms with Crippen molar-refractivity contribution in [2.24, 2.45) is 0 Å². The van der Waals surface area contributed by atoms with Crippen LogP contribution in [0.2, 0.25) is 5.02 Å². The number of anilines is 1. The number of amides is 2. The zero-order valence-electron chi connectivity index (χ0n) is 10.7. The molecule has 4 nitrogen and oxygen atoms in total. The monoisotopic (exact) mass is 293 g/mol. The molecule has 2 N–H and O–H groups in total. The molecule has 2 amide bonds. The molecule has 0 aliphatic heterocycles. The Labute approximate surface area is 121 Å². The summed E-state index contributed by atoms with van der Waals surface area (Å²) in [4.78, 5) is 15.8. The molecule has 0 spiro atoms. The molecule has 0 bridgehead atoms. The van der Waals surface area contributed by atoms with Crippen molar-refractivity contribution in [1.82, 2.24) is 10.3 Å². The number of pyridine rings is 1. The summed E-state index contributed by atoms with van der Waals surface area (Å²) in [5.41, 5.74) is 1.29. The first-order valence-electron chi connectivity index (χ1n) is 5.99. The predicted molar refractivity (Wildman–Crippen MR) is 76.2 cm³/mol. The van der Waals surface area contributed by atoms with Gasteiger partial charge in [-0.3, -0.25) is 4.98 Å². The number of nitrogens with one attached hydrogen (secondary N) is 2. The summed E-state index contributed by atoms with van der Waals surface area (Å²) in [6, 6.07) is 6.82. The van der Waals surface area contributed by atoms with Crippen LogP contribution in [-0.4, -0.2) is 11.0 Å². The van der Waals surface area contributed by atoms with Crippen molar-refractivity contribution < 1.29 is 9.18 Å². The summed E-state index contributed by atoms with van der Waals surface area (Å²) in [6.45, 7) is 1.85. The van der Waals surface area contributed by atoms with Gasteiger partial charge < -0.3 is 10.6 Å². The molecule has 0 fully saturated rings. The van der Waals surface area contributed by atoms with E-state index >= 15 is 0 Å². The SMILES string of the molecule is CC(NC(=O)Nc1ccc(F)cc1Cl)c1ccncc1. The number of rotatable bonds is 3. The number of carbonyl (C=O) groups excluding carboxylic acids is 1. The van der Waals surface area contributed by atoms with Gasteiger partial charge in [0, 0.05) is 12.4 Å². The van der Waals surface area contributed by atoms with E-state index in [4.69, 9.17) is 11.6 Å². The van der Waals surface area contributed by atoms with E-state index in [1.165, 1.54) is 12.1 Å². The minimum atomic E-state index is -0.453. The Balaban J connectivity index is 1.99. The van der Waals surface area contributed by atoms with E-state index in [9.17, 15) is 9.18 Å². The van der Waals surface area contributed by atoms with Crippen LogP contribution in [0.4, 0.5) is 14.9 Å². The number of halogens is 2. The van der Waals surface area contributed by atoms with E-state index < -0.39 is 11.8 Å². The zero-order valence-corrected chi connectivity index (χ0v) is 11.5. The van der Waals surface area contributed by atoms with Crippen LogP contribution in [0.1, 0.15) is 18.5 Å². The second-order valence-corrected chi connectivity index (χ2v) is 4.63. The summed E-state index contributed by atoms with van der Waals surface area (Å²) in [6.07, 6.45) is 3.31. The Kier molecular flexibility index (Phi) is 4.53. The Morgan fingerprint density at radius 2 is 2.00 bits per heavy atom. The lowest BCUT2D eigenvalue weighted by Crippen LogP contribution is -2.31. The van der Waals surface area contributed by atoms with Crippen molar-refractivity contribution in [3.8, 4) is 0 Å². The average Bonchev–Trinajstić information content (AvgIpc) is 2.43. The number of benzene rings is 1. The van der Waals surface area contributed by atoms with E-state index in [0.717, 1.165) is 11.6 Å². The van der Waals surface area contributed by atoms with Gasteiger partial charge in [0.1, 0.15) is 5.82 Å². The minimum Gasteiger partial charge on any atom is -0.331 e. The average molecular weight is 294 g/mol. The Morgan fingerprint density at radius 3 is 2.65 bits per heavy atom. The number of aromatic nitrogens is 1. The first kappa shape index (κ1) is 14.3. The van der Waals surface area contributed by atoms with E-state index in [-0.39, 0.29) is 11.1 Å². The second kappa shape index (κ2) is 6.34. The van der Waals surface area contributed by atoms with Gasteiger partial charge in [0.25, 0.3) is 0 Å². The third kappa shape index (κ3) is 3.68. The Bertz CT molecular complexity index is 607. The molecule has 1 aromatic carbocycles. The van der Waals surface area contributed by atoms with Gasteiger partial charge in [0.15, 0.2) is 0 Å². The van der Waals surface area contributed by atoms with Crippen molar-refractivity contribution >= 4 is 23.3 Å². The van der Waals surface area contributed by atoms with Gasteiger partial charge in [0.2, 0.25) is 0 Å². The zero-order chi connectivity index (χ0) is 14.5. The molecule has 1 unspecified atom stereocenters. The number of hydrogen-bond acceptors (Lipinski definition) is 2. The molecule has 1 heterocycles. The first-order chi connectivity index (χ1) is 9.56. The smallest absolute Gasteiger partial charge is 0.319 e. The van der Waals surface area contributed by atoms with Crippen molar-refractivity contribution in [1.29, 1.82) is 0 Å². The van der Waals surface area contributed by atoms with Crippen molar-refractivity contribution in [2.75, 3.05) is 5.32 Å². The Hall–Kier alpha value is -2.14. The summed E-state index contributed by atoms with van der Waals surface area (Å²) >= 11 is 5.84. The van der Waals surface area contributed by atoms with E-state index in [2.05, 4.69) is 15.6 Å². The molecule has 0 saturated heterocycles. The molecule has 2 rings (SSSR count). The highest BCUT2D eigenvalue weighted by molar-refractivity contribution is 6.33. The van der Waals surface area contributed by atoms with Crippen LogP contribution in [0, 0.1) is 5.82 Å². The topological polar surface area (TPSA) is 54.0 Å². The third-order valence-electron chi connectivity index (χ3n) is 2.73. The largest absolute Gasteiger partial charge is 0.331 e. The van der Waals surface area contributed by atoms with Crippen LogP contribution in [0.15, 0.2) is 42.7 Å². The fraction of sp³-hybridized carbons (Fsp3) is 0.143. The highest BCUT2D eigenvalue weighted by Crippen LogP contribution is 2.22. The van der Waals surface area contributed by atoms with Gasteiger partial charge in [-0.05, 0) is 42.8 Å². The van der Waals surface area contributed by atoms with Crippen LogP contribution in [-0.2, 0) is 0 Å². The molecule has 0 aliphatic carbocycles. The molecule has 20 heavy (non-hydrogen) atoms. The van der Waals surface area contributed by atoms with Crippen LogP contribution in [0.5, 0.6) is 0 Å². The quantitative estimate of drug-likeness (QED) is 0.905. The van der Waals surface area contributed by atoms with Gasteiger partial charge in [-0.15, -0.1) is 0 Å². The van der Waals surface area contributed by atoms with Crippen LogP contribution >= 0.6 is 11.6 Å². The molecule has 2 aromatic rings. The lowest BCUT2D eigenvalue weighted by Gasteiger charge is -2.15. The summed E-state index contributed by atoms with van der Waals surface area (Å²) in [5, 5.41) is 5.48. The van der Waals surface area contributed by atoms with E-state index in [1.807, 2.05) is 19.1 Å². The fourth-order valence-corrected chi connectivity index (χ4v) is 1.90.